The first kappa shape index (κ1) is 11.1. The van der Waals surface area contributed by atoms with Gasteiger partial charge in [-0.1, -0.05) is 0 Å². The van der Waals surface area contributed by atoms with E-state index in [1.807, 2.05) is 0 Å². The van der Waals surface area contributed by atoms with Crippen molar-refractivity contribution in [3.8, 4) is 0 Å². The number of hydrogen-bond acceptors (Lipinski definition) is 5. The highest BCUT2D eigenvalue weighted by atomic mass is 32.2. The molecule has 8 heteroatoms. The molecule has 1 aromatic heterocycles. The van der Waals surface area contributed by atoms with Gasteiger partial charge in [0.25, 0.3) is 0 Å². The predicted octanol–water partition coefficient (Wildman–Crippen LogP) is -1.56. The van der Waals surface area contributed by atoms with E-state index in [0.29, 0.717) is 12.4 Å². The molecule has 80 valence electrons. The summed E-state index contributed by atoms with van der Waals surface area (Å²) in [5, 5.41) is 8.93. The van der Waals surface area contributed by atoms with Gasteiger partial charge in [-0.2, -0.15) is 5.10 Å². The van der Waals surface area contributed by atoms with E-state index in [4.69, 9.17) is 0 Å². The summed E-state index contributed by atoms with van der Waals surface area (Å²) in [6.45, 7) is 0.567. The van der Waals surface area contributed by atoms with Gasteiger partial charge in [-0.15, -0.1) is 0 Å². The standard InChI is InChI=1S/C6H13N5O2S/c1-7-2-3-14(12,13)10-4-6-8-5-9-11-6/h5,7,10H,2-4H2,1H3,(H,8,9,11). The molecular weight excluding hydrogens is 206 g/mol. The van der Waals surface area contributed by atoms with Crippen molar-refractivity contribution in [2.75, 3.05) is 19.3 Å². The summed E-state index contributed by atoms with van der Waals surface area (Å²) in [5.41, 5.74) is 0. The zero-order valence-electron chi connectivity index (χ0n) is 7.82. The molecule has 0 atom stereocenters. The van der Waals surface area contributed by atoms with Crippen LogP contribution in [0.15, 0.2) is 6.33 Å². The molecule has 1 heterocycles. The van der Waals surface area contributed by atoms with Gasteiger partial charge in [-0.3, -0.25) is 5.10 Å². The normalized spacial score (nSPS) is 11.8. The Kier molecular flexibility index (Phi) is 3.98. The number of hydrogen-bond donors (Lipinski definition) is 3. The monoisotopic (exact) mass is 219 g/mol. The molecule has 0 unspecified atom stereocenters. The SMILES string of the molecule is CNCCS(=O)(=O)NCc1ncn[nH]1. The van der Waals surface area contributed by atoms with Gasteiger partial charge in [0.1, 0.15) is 12.2 Å². The summed E-state index contributed by atoms with van der Waals surface area (Å²) < 4.78 is 24.9. The number of sulfonamides is 1. The van der Waals surface area contributed by atoms with Crippen LogP contribution in [-0.2, 0) is 16.6 Å². The van der Waals surface area contributed by atoms with Gasteiger partial charge < -0.3 is 5.32 Å². The van der Waals surface area contributed by atoms with E-state index in [1.165, 1.54) is 6.33 Å². The van der Waals surface area contributed by atoms with Crippen LogP contribution in [0.5, 0.6) is 0 Å². The Labute approximate surface area is 82.4 Å². The highest BCUT2D eigenvalue weighted by molar-refractivity contribution is 7.89. The largest absolute Gasteiger partial charge is 0.319 e. The lowest BCUT2D eigenvalue weighted by Crippen LogP contribution is -2.30. The molecule has 0 aromatic carbocycles. The van der Waals surface area contributed by atoms with E-state index < -0.39 is 10.0 Å². The Hall–Kier alpha value is -0.990. The predicted molar refractivity (Wildman–Crippen MR) is 50.9 cm³/mol. The Balaban J connectivity index is 2.37. The molecule has 0 aliphatic rings. The van der Waals surface area contributed by atoms with E-state index in [1.54, 1.807) is 7.05 Å². The minimum Gasteiger partial charge on any atom is -0.319 e. The zero-order chi connectivity index (χ0) is 10.4. The molecule has 0 saturated carbocycles. The minimum absolute atomic E-state index is 0.0532. The maximum atomic E-state index is 11.3. The Bertz CT molecular complexity index is 346. The van der Waals surface area contributed by atoms with E-state index in [2.05, 4.69) is 25.2 Å². The second-order valence-corrected chi connectivity index (χ2v) is 4.60. The second-order valence-electron chi connectivity index (χ2n) is 2.68. The highest BCUT2D eigenvalue weighted by Gasteiger charge is 2.09. The topological polar surface area (TPSA) is 99.8 Å². The number of H-pyrrole nitrogens is 1. The van der Waals surface area contributed by atoms with Gasteiger partial charge in [0.05, 0.1) is 12.3 Å². The van der Waals surface area contributed by atoms with Crippen molar-refractivity contribution >= 4 is 10.0 Å². The van der Waals surface area contributed by atoms with Gasteiger partial charge in [-0.05, 0) is 7.05 Å². The van der Waals surface area contributed by atoms with Crippen molar-refractivity contribution in [1.29, 1.82) is 0 Å². The molecule has 14 heavy (non-hydrogen) atoms. The fourth-order valence-electron chi connectivity index (χ4n) is 0.803. The molecule has 1 aromatic rings. The van der Waals surface area contributed by atoms with Crippen LogP contribution in [0.1, 0.15) is 5.82 Å². The molecule has 0 aliphatic heterocycles. The first-order chi connectivity index (χ1) is 6.64. The van der Waals surface area contributed by atoms with Crippen molar-refractivity contribution in [2.24, 2.45) is 0 Å². The van der Waals surface area contributed by atoms with Crippen LogP contribution in [0.2, 0.25) is 0 Å². The molecule has 0 aliphatic carbocycles. The third kappa shape index (κ3) is 3.81. The summed E-state index contributed by atoms with van der Waals surface area (Å²) in [6, 6.07) is 0. The molecule has 0 bridgehead atoms. The third-order valence-electron chi connectivity index (χ3n) is 1.55. The number of aromatic nitrogens is 3. The molecule has 0 fully saturated rings. The summed E-state index contributed by atoms with van der Waals surface area (Å²) in [5.74, 6) is 0.551. The molecule has 3 N–H and O–H groups in total. The molecule has 0 amide bonds. The van der Waals surface area contributed by atoms with Crippen molar-refractivity contribution in [3.05, 3.63) is 12.2 Å². The molecule has 7 nitrogen and oxygen atoms in total. The van der Waals surface area contributed by atoms with Gasteiger partial charge in [0.15, 0.2) is 0 Å². The third-order valence-corrected chi connectivity index (χ3v) is 2.87. The number of nitrogens with zero attached hydrogens (tertiary/aromatic N) is 2. The fourth-order valence-corrected chi connectivity index (χ4v) is 1.78. The lowest BCUT2D eigenvalue weighted by atomic mass is 10.6. The Morgan fingerprint density at radius 2 is 2.36 bits per heavy atom. The molecule has 1 rings (SSSR count). The number of nitrogens with one attached hydrogen (secondary N) is 3. The lowest BCUT2D eigenvalue weighted by molar-refractivity contribution is 0.577. The maximum absolute atomic E-state index is 11.3. The maximum Gasteiger partial charge on any atom is 0.213 e. The lowest BCUT2D eigenvalue weighted by Gasteiger charge is -2.03. The van der Waals surface area contributed by atoms with Crippen molar-refractivity contribution in [2.45, 2.75) is 6.54 Å². The average Bonchev–Trinajstić information content (AvgIpc) is 2.64. The van der Waals surface area contributed by atoms with E-state index in [0.717, 1.165) is 0 Å². The van der Waals surface area contributed by atoms with Gasteiger partial charge in [-0.25, -0.2) is 18.1 Å². The second kappa shape index (κ2) is 5.03. The van der Waals surface area contributed by atoms with Crippen molar-refractivity contribution in [1.82, 2.24) is 25.2 Å². The fraction of sp³-hybridized carbons (Fsp3) is 0.667. The van der Waals surface area contributed by atoms with E-state index in [9.17, 15) is 8.42 Å². The van der Waals surface area contributed by atoms with Crippen molar-refractivity contribution < 1.29 is 8.42 Å². The van der Waals surface area contributed by atoms with Crippen LogP contribution in [0, 0.1) is 0 Å². The van der Waals surface area contributed by atoms with Gasteiger partial charge in [0.2, 0.25) is 10.0 Å². The molecule has 0 saturated heterocycles. The van der Waals surface area contributed by atoms with Crippen LogP contribution in [0.25, 0.3) is 0 Å². The van der Waals surface area contributed by atoms with Crippen molar-refractivity contribution in [3.63, 3.8) is 0 Å². The average molecular weight is 219 g/mol. The van der Waals surface area contributed by atoms with Crippen LogP contribution < -0.4 is 10.0 Å². The quantitative estimate of drug-likeness (QED) is 0.537. The smallest absolute Gasteiger partial charge is 0.213 e. The first-order valence-electron chi connectivity index (χ1n) is 4.10. The summed E-state index contributed by atoms with van der Waals surface area (Å²) >= 11 is 0. The Morgan fingerprint density at radius 1 is 1.57 bits per heavy atom. The van der Waals surface area contributed by atoms with Crippen LogP contribution in [-0.4, -0.2) is 42.9 Å². The van der Waals surface area contributed by atoms with Crippen LogP contribution in [0.4, 0.5) is 0 Å². The molecule has 0 radical (unpaired) electrons. The summed E-state index contributed by atoms with van der Waals surface area (Å²) in [4.78, 5) is 3.79. The zero-order valence-corrected chi connectivity index (χ0v) is 8.63. The van der Waals surface area contributed by atoms with Crippen LogP contribution in [0.3, 0.4) is 0 Å². The highest BCUT2D eigenvalue weighted by Crippen LogP contribution is 1.88. The summed E-state index contributed by atoms with van der Waals surface area (Å²) in [7, 11) is -1.52. The van der Waals surface area contributed by atoms with E-state index in [-0.39, 0.29) is 12.3 Å². The first-order valence-corrected chi connectivity index (χ1v) is 5.75. The summed E-state index contributed by atoms with van der Waals surface area (Å²) in [6.07, 6.45) is 1.33. The Morgan fingerprint density at radius 3 is 2.93 bits per heavy atom. The number of rotatable bonds is 6. The van der Waals surface area contributed by atoms with Crippen LogP contribution >= 0.6 is 0 Å². The number of aromatic amines is 1. The molecule has 0 spiro atoms. The molecular formula is C6H13N5O2S. The van der Waals surface area contributed by atoms with Gasteiger partial charge in [0, 0.05) is 6.54 Å². The minimum atomic E-state index is -3.22. The van der Waals surface area contributed by atoms with Gasteiger partial charge >= 0.3 is 0 Å². The van der Waals surface area contributed by atoms with E-state index >= 15 is 0 Å².